The number of fused-ring (bicyclic) bond motifs is 1. The SMILES string of the molecule is Cc1sc2nc(C(C)Sc3nnnn3-c3ccccc3)[nH]c(=O)c2c1C. The number of rotatable bonds is 4. The molecule has 0 saturated heterocycles. The molecule has 0 aliphatic carbocycles. The van der Waals surface area contributed by atoms with E-state index in [-0.39, 0.29) is 10.8 Å². The van der Waals surface area contributed by atoms with Crippen LogP contribution in [0.15, 0.2) is 40.3 Å². The van der Waals surface area contributed by atoms with Crippen molar-refractivity contribution in [2.24, 2.45) is 0 Å². The molecule has 1 unspecified atom stereocenters. The maximum absolute atomic E-state index is 12.5. The highest BCUT2D eigenvalue weighted by Crippen LogP contribution is 2.33. The summed E-state index contributed by atoms with van der Waals surface area (Å²) < 4.78 is 1.68. The van der Waals surface area contributed by atoms with Crippen LogP contribution in [0, 0.1) is 13.8 Å². The van der Waals surface area contributed by atoms with Crippen LogP contribution in [0.1, 0.15) is 28.4 Å². The fraction of sp³-hybridized carbons (Fsp3) is 0.235. The second-order valence-electron chi connectivity index (χ2n) is 5.88. The van der Waals surface area contributed by atoms with Crippen molar-refractivity contribution in [2.75, 3.05) is 0 Å². The van der Waals surface area contributed by atoms with Gasteiger partial charge in [-0.15, -0.1) is 16.4 Å². The molecule has 0 aliphatic rings. The topological polar surface area (TPSA) is 89.3 Å². The van der Waals surface area contributed by atoms with Crippen LogP contribution in [0.2, 0.25) is 0 Å². The molecule has 132 valence electrons. The molecule has 1 atom stereocenters. The van der Waals surface area contributed by atoms with E-state index in [4.69, 9.17) is 0 Å². The summed E-state index contributed by atoms with van der Waals surface area (Å²) in [4.78, 5) is 22.0. The van der Waals surface area contributed by atoms with E-state index in [1.54, 1.807) is 16.0 Å². The molecule has 0 bridgehead atoms. The number of aryl methyl sites for hydroxylation is 2. The number of aromatic amines is 1. The van der Waals surface area contributed by atoms with Gasteiger partial charge < -0.3 is 4.98 Å². The number of benzene rings is 1. The third kappa shape index (κ3) is 2.93. The Labute approximate surface area is 157 Å². The number of hydrogen-bond donors (Lipinski definition) is 1. The molecule has 0 amide bonds. The minimum atomic E-state index is -0.108. The van der Waals surface area contributed by atoms with Crippen LogP contribution in [0.5, 0.6) is 0 Å². The van der Waals surface area contributed by atoms with Gasteiger partial charge in [0.1, 0.15) is 10.7 Å². The molecule has 4 aromatic rings. The predicted octanol–water partition coefficient (Wildman–Crippen LogP) is 3.43. The minimum Gasteiger partial charge on any atom is -0.309 e. The van der Waals surface area contributed by atoms with Gasteiger partial charge in [0.15, 0.2) is 0 Å². The van der Waals surface area contributed by atoms with Crippen LogP contribution in [-0.2, 0) is 0 Å². The molecule has 0 saturated carbocycles. The summed E-state index contributed by atoms with van der Waals surface area (Å²) in [6.07, 6.45) is 0. The highest BCUT2D eigenvalue weighted by molar-refractivity contribution is 7.99. The molecule has 0 aliphatic heterocycles. The molecule has 3 heterocycles. The Morgan fingerprint density at radius 2 is 2.00 bits per heavy atom. The van der Waals surface area contributed by atoms with E-state index >= 15 is 0 Å². The number of thioether (sulfide) groups is 1. The Kier molecular flexibility index (Phi) is 4.33. The average Bonchev–Trinajstić information content (AvgIpc) is 3.20. The van der Waals surface area contributed by atoms with Gasteiger partial charge in [0.05, 0.1) is 16.3 Å². The summed E-state index contributed by atoms with van der Waals surface area (Å²) in [7, 11) is 0. The van der Waals surface area contributed by atoms with E-state index in [2.05, 4.69) is 25.5 Å². The number of tetrazole rings is 1. The number of nitrogens with one attached hydrogen (secondary N) is 1. The first-order chi connectivity index (χ1) is 12.5. The van der Waals surface area contributed by atoms with Gasteiger partial charge >= 0.3 is 0 Å². The Bertz CT molecular complexity index is 1130. The van der Waals surface area contributed by atoms with Crippen LogP contribution in [0.25, 0.3) is 15.9 Å². The van der Waals surface area contributed by atoms with Crippen molar-refractivity contribution >= 4 is 33.3 Å². The summed E-state index contributed by atoms with van der Waals surface area (Å²) in [5.74, 6) is 0.622. The van der Waals surface area contributed by atoms with E-state index in [9.17, 15) is 4.79 Å². The second-order valence-corrected chi connectivity index (χ2v) is 8.39. The van der Waals surface area contributed by atoms with Gasteiger partial charge in [-0.25, -0.2) is 4.98 Å². The fourth-order valence-electron chi connectivity index (χ4n) is 2.66. The zero-order valence-electron chi connectivity index (χ0n) is 14.4. The van der Waals surface area contributed by atoms with Crippen LogP contribution >= 0.6 is 23.1 Å². The first kappa shape index (κ1) is 16.9. The van der Waals surface area contributed by atoms with Gasteiger partial charge in [-0.2, -0.15) is 4.68 Å². The smallest absolute Gasteiger partial charge is 0.259 e. The molecular formula is C17H16N6OS2. The van der Waals surface area contributed by atoms with Crippen LogP contribution < -0.4 is 5.56 Å². The van der Waals surface area contributed by atoms with E-state index in [1.807, 2.05) is 51.1 Å². The van der Waals surface area contributed by atoms with Crippen LogP contribution in [0.4, 0.5) is 0 Å². The lowest BCUT2D eigenvalue weighted by molar-refractivity contribution is 0.754. The predicted molar refractivity (Wildman–Crippen MR) is 103 cm³/mol. The summed E-state index contributed by atoms with van der Waals surface area (Å²) in [5, 5.41) is 13.2. The molecule has 0 radical (unpaired) electrons. The lowest BCUT2D eigenvalue weighted by atomic mass is 10.2. The van der Waals surface area contributed by atoms with Crippen LogP contribution in [0.3, 0.4) is 0 Å². The largest absolute Gasteiger partial charge is 0.309 e. The first-order valence-corrected chi connectivity index (χ1v) is 9.74. The lowest BCUT2D eigenvalue weighted by Crippen LogP contribution is -2.12. The Balaban J connectivity index is 1.68. The van der Waals surface area contributed by atoms with Gasteiger partial charge in [0, 0.05) is 4.88 Å². The van der Waals surface area contributed by atoms with Gasteiger partial charge in [0.2, 0.25) is 5.16 Å². The number of H-pyrrole nitrogens is 1. The van der Waals surface area contributed by atoms with Crippen molar-refractivity contribution in [3.05, 3.63) is 57.0 Å². The zero-order chi connectivity index (χ0) is 18.3. The van der Waals surface area contributed by atoms with E-state index in [0.717, 1.165) is 21.0 Å². The van der Waals surface area contributed by atoms with Crippen molar-refractivity contribution < 1.29 is 0 Å². The zero-order valence-corrected chi connectivity index (χ0v) is 16.1. The molecule has 9 heteroatoms. The van der Waals surface area contributed by atoms with Crippen molar-refractivity contribution in [2.45, 2.75) is 31.2 Å². The third-order valence-electron chi connectivity index (χ3n) is 4.17. The summed E-state index contributed by atoms with van der Waals surface area (Å²) in [6, 6.07) is 9.69. The van der Waals surface area contributed by atoms with E-state index in [1.165, 1.54) is 11.8 Å². The highest BCUT2D eigenvalue weighted by Gasteiger charge is 2.19. The third-order valence-corrected chi connectivity index (χ3v) is 6.31. The summed E-state index contributed by atoms with van der Waals surface area (Å²) >= 11 is 3.00. The number of aromatic nitrogens is 6. The van der Waals surface area contributed by atoms with Gasteiger partial charge in [-0.1, -0.05) is 30.0 Å². The Morgan fingerprint density at radius 1 is 1.23 bits per heavy atom. The number of para-hydroxylation sites is 1. The highest BCUT2D eigenvalue weighted by atomic mass is 32.2. The molecule has 1 N–H and O–H groups in total. The van der Waals surface area contributed by atoms with Gasteiger partial charge in [-0.05, 0) is 48.9 Å². The molecule has 7 nitrogen and oxygen atoms in total. The standard InChI is InChI=1S/C17H16N6OS2/c1-9-10(2)25-16-13(9)15(24)18-14(19-16)11(3)26-17-20-21-22-23(17)12-7-5-4-6-8-12/h4-8,11H,1-3H3,(H,18,19,24). The molecular weight excluding hydrogens is 368 g/mol. The average molecular weight is 384 g/mol. The van der Waals surface area contributed by atoms with Gasteiger partial charge in [-0.3, -0.25) is 4.79 Å². The quantitative estimate of drug-likeness (QED) is 0.542. The maximum Gasteiger partial charge on any atom is 0.259 e. The monoisotopic (exact) mass is 384 g/mol. The Hall–Kier alpha value is -2.52. The van der Waals surface area contributed by atoms with Crippen molar-refractivity contribution in [3.8, 4) is 5.69 Å². The molecule has 0 spiro atoms. The minimum absolute atomic E-state index is 0.0954. The maximum atomic E-state index is 12.5. The van der Waals surface area contributed by atoms with E-state index in [0.29, 0.717) is 16.4 Å². The second kappa shape index (κ2) is 6.65. The van der Waals surface area contributed by atoms with Gasteiger partial charge in [0.25, 0.3) is 5.56 Å². The van der Waals surface area contributed by atoms with Crippen LogP contribution in [-0.4, -0.2) is 30.2 Å². The molecule has 1 aromatic carbocycles. The molecule has 4 rings (SSSR count). The normalized spacial score (nSPS) is 12.6. The molecule has 0 fully saturated rings. The lowest BCUT2D eigenvalue weighted by Gasteiger charge is -2.10. The summed E-state index contributed by atoms with van der Waals surface area (Å²) in [5.41, 5.74) is 1.79. The number of thiophene rings is 1. The summed E-state index contributed by atoms with van der Waals surface area (Å²) in [6.45, 7) is 5.94. The number of hydrogen-bond acceptors (Lipinski definition) is 7. The van der Waals surface area contributed by atoms with Crippen molar-refractivity contribution in [1.29, 1.82) is 0 Å². The number of nitrogens with zero attached hydrogens (tertiary/aromatic N) is 5. The van der Waals surface area contributed by atoms with E-state index < -0.39 is 0 Å². The van der Waals surface area contributed by atoms with Crippen molar-refractivity contribution in [3.63, 3.8) is 0 Å². The molecule has 3 aromatic heterocycles. The Morgan fingerprint density at radius 3 is 2.77 bits per heavy atom. The molecule has 26 heavy (non-hydrogen) atoms. The fourth-order valence-corrected chi connectivity index (χ4v) is 4.56. The first-order valence-electron chi connectivity index (χ1n) is 8.05. The van der Waals surface area contributed by atoms with Crippen molar-refractivity contribution in [1.82, 2.24) is 30.2 Å².